The molecular formula is C12H14Cl2N2O. The molecule has 92 valence electrons. The minimum atomic E-state index is -0.0804. The first-order chi connectivity index (χ1) is 8.13. The molecule has 17 heavy (non-hydrogen) atoms. The van der Waals surface area contributed by atoms with E-state index >= 15 is 0 Å². The normalized spacial score (nSPS) is 10.8. The minimum absolute atomic E-state index is 0.0804. The van der Waals surface area contributed by atoms with Crippen molar-refractivity contribution in [1.82, 2.24) is 5.43 Å². The van der Waals surface area contributed by atoms with Gasteiger partial charge in [0.25, 0.3) is 0 Å². The maximum absolute atomic E-state index is 11.2. The Kier molecular flexibility index (Phi) is 6.01. The van der Waals surface area contributed by atoms with Crippen molar-refractivity contribution in [2.45, 2.75) is 26.2 Å². The van der Waals surface area contributed by atoms with E-state index in [4.69, 9.17) is 23.2 Å². The standard InChI is InChI=1S/C12H14Cl2N2O/c1-2-3-4-12(17)16-15-8-9-5-6-10(13)11(14)7-9/h5-8H,2-4H2,1H3,(H,16,17)/b15-8-. The third-order valence-electron chi connectivity index (χ3n) is 2.10. The van der Waals surface area contributed by atoms with Gasteiger partial charge in [0.1, 0.15) is 0 Å². The summed E-state index contributed by atoms with van der Waals surface area (Å²) >= 11 is 11.6. The van der Waals surface area contributed by atoms with Gasteiger partial charge >= 0.3 is 0 Å². The summed E-state index contributed by atoms with van der Waals surface area (Å²) < 4.78 is 0. The molecule has 0 aliphatic carbocycles. The van der Waals surface area contributed by atoms with Crippen LogP contribution in [0, 0.1) is 0 Å². The van der Waals surface area contributed by atoms with E-state index in [1.807, 2.05) is 6.92 Å². The summed E-state index contributed by atoms with van der Waals surface area (Å²) in [5, 5.41) is 4.80. The molecule has 0 fully saturated rings. The number of carbonyl (C=O) groups excluding carboxylic acids is 1. The molecule has 0 atom stereocenters. The number of unbranched alkanes of at least 4 members (excludes halogenated alkanes) is 1. The second-order valence-corrected chi connectivity index (χ2v) is 4.38. The van der Waals surface area contributed by atoms with Crippen molar-refractivity contribution in [3.05, 3.63) is 33.8 Å². The van der Waals surface area contributed by atoms with Crippen LogP contribution in [0.4, 0.5) is 0 Å². The van der Waals surface area contributed by atoms with E-state index in [1.54, 1.807) is 18.2 Å². The Morgan fingerprint density at radius 2 is 2.18 bits per heavy atom. The molecule has 1 aromatic carbocycles. The van der Waals surface area contributed by atoms with Crippen molar-refractivity contribution >= 4 is 35.3 Å². The van der Waals surface area contributed by atoms with Crippen LogP contribution in [-0.2, 0) is 4.79 Å². The molecule has 5 heteroatoms. The fraction of sp³-hybridized carbons (Fsp3) is 0.333. The Hall–Kier alpha value is -1.06. The Morgan fingerprint density at radius 1 is 1.41 bits per heavy atom. The van der Waals surface area contributed by atoms with Gasteiger partial charge < -0.3 is 0 Å². The molecule has 1 rings (SSSR count). The first kappa shape index (κ1) is 14.0. The Bertz CT molecular complexity index is 419. The second-order valence-electron chi connectivity index (χ2n) is 3.57. The lowest BCUT2D eigenvalue weighted by Gasteiger charge is -1.99. The topological polar surface area (TPSA) is 41.5 Å². The number of nitrogens with zero attached hydrogens (tertiary/aromatic N) is 1. The fourth-order valence-electron chi connectivity index (χ4n) is 1.16. The van der Waals surface area contributed by atoms with Gasteiger partial charge in [-0.3, -0.25) is 4.79 Å². The van der Waals surface area contributed by atoms with Crippen LogP contribution in [0.25, 0.3) is 0 Å². The van der Waals surface area contributed by atoms with Crippen LogP contribution in [0.15, 0.2) is 23.3 Å². The number of halogens is 2. The van der Waals surface area contributed by atoms with E-state index in [2.05, 4.69) is 10.5 Å². The van der Waals surface area contributed by atoms with Gasteiger partial charge in [0.15, 0.2) is 0 Å². The largest absolute Gasteiger partial charge is 0.273 e. The highest BCUT2D eigenvalue weighted by Gasteiger charge is 1.98. The van der Waals surface area contributed by atoms with E-state index < -0.39 is 0 Å². The molecule has 0 aliphatic heterocycles. The van der Waals surface area contributed by atoms with Gasteiger partial charge in [-0.2, -0.15) is 5.10 Å². The quantitative estimate of drug-likeness (QED) is 0.646. The third-order valence-corrected chi connectivity index (χ3v) is 2.84. The van der Waals surface area contributed by atoms with E-state index in [0.29, 0.717) is 16.5 Å². The van der Waals surface area contributed by atoms with Crippen molar-refractivity contribution in [1.29, 1.82) is 0 Å². The lowest BCUT2D eigenvalue weighted by Crippen LogP contribution is -2.16. The number of benzene rings is 1. The zero-order valence-corrected chi connectivity index (χ0v) is 11.1. The first-order valence-electron chi connectivity index (χ1n) is 5.40. The monoisotopic (exact) mass is 272 g/mol. The van der Waals surface area contributed by atoms with Crippen LogP contribution in [0.3, 0.4) is 0 Å². The Labute approximate surface area is 111 Å². The Balaban J connectivity index is 2.48. The van der Waals surface area contributed by atoms with Crippen molar-refractivity contribution in [2.75, 3.05) is 0 Å². The molecular weight excluding hydrogens is 259 g/mol. The van der Waals surface area contributed by atoms with Gasteiger partial charge in [0, 0.05) is 6.42 Å². The molecule has 0 saturated carbocycles. The summed E-state index contributed by atoms with van der Waals surface area (Å²) in [6.45, 7) is 2.03. The number of rotatable bonds is 5. The first-order valence-corrected chi connectivity index (χ1v) is 6.16. The fourth-order valence-corrected chi connectivity index (χ4v) is 1.47. The zero-order valence-electron chi connectivity index (χ0n) is 9.54. The molecule has 1 aromatic rings. The number of nitrogens with one attached hydrogen (secondary N) is 1. The van der Waals surface area contributed by atoms with Gasteiger partial charge in [0.2, 0.25) is 5.91 Å². The number of hydrogen-bond donors (Lipinski definition) is 1. The third kappa shape index (κ3) is 5.20. The molecule has 1 N–H and O–H groups in total. The highest BCUT2D eigenvalue weighted by atomic mass is 35.5. The summed E-state index contributed by atoms with van der Waals surface area (Å²) in [5.41, 5.74) is 3.24. The summed E-state index contributed by atoms with van der Waals surface area (Å²) in [4.78, 5) is 11.2. The minimum Gasteiger partial charge on any atom is -0.273 e. The molecule has 0 bridgehead atoms. The van der Waals surface area contributed by atoms with Gasteiger partial charge in [-0.1, -0.05) is 42.6 Å². The van der Waals surface area contributed by atoms with Crippen LogP contribution in [0.1, 0.15) is 31.7 Å². The number of amides is 1. The molecule has 0 heterocycles. The average Bonchev–Trinajstić information content (AvgIpc) is 2.31. The summed E-state index contributed by atoms with van der Waals surface area (Å²) in [5.74, 6) is -0.0804. The maximum atomic E-state index is 11.2. The van der Waals surface area contributed by atoms with Gasteiger partial charge in [-0.25, -0.2) is 5.43 Å². The molecule has 0 radical (unpaired) electrons. The summed E-state index contributed by atoms with van der Waals surface area (Å²) in [6.07, 6.45) is 3.89. The van der Waals surface area contributed by atoms with Crippen molar-refractivity contribution in [3.8, 4) is 0 Å². The van der Waals surface area contributed by atoms with E-state index in [0.717, 1.165) is 18.4 Å². The van der Waals surface area contributed by atoms with Crippen LogP contribution < -0.4 is 5.43 Å². The van der Waals surface area contributed by atoms with Crippen molar-refractivity contribution < 1.29 is 4.79 Å². The van der Waals surface area contributed by atoms with Gasteiger partial charge in [-0.15, -0.1) is 0 Å². The van der Waals surface area contributed by atoms with Crippen LogP contribution >= 0.6 is 23.2 Å². The lowest BCUT2D eigenvalue weighted by atomic mass is 10.2. The molecule has 0 unspecified atom stereocenters. The summed E-state index contributed by atoms with van der Waals surface area (Å²) in [6, 6.07) is 5.14. The smallest absolute Gasteiger partial charge is 0.240 e. The summed E-state index contributed by atoms with van der Waals surface area (Å²) in [7, 11) is 0. The van der Waals surface area contributed by atoms with Gasteiger partial charge in [0.05, 0.1) is 16.3 Å². The number of carbonyl (C=O) groups is 1. The van der Waals surface area contributed by atoms with E-state index in [1.165, 1.54) is 6.21 Å². The molecule has 3 nitrogen and oxygen atoms in total. The number of hydrogen-bond acceptors (Lipinski definition) is 2. The molecule has 1 amide bonds. The highest BCUT2D eigenvalue weighted by Crippen LogP contribution is 2.21. The van der Waals surface area contributed by atoms with Crippen molar-refractivity contribution in [3.63, 3.8) is 0 Å². The molecule has 0 spiro atoms. The van der Waals surface area contributed by atoms with Crippen LogP contribution in [0.5, 0.6) is 0 Å². The SMILES string of the molecule is CCCCC(=O)N/N=C\c1ccc(Cl)c(Cl)c1. The average molecular weight is 273 g/mol. The Morgan fingerprint density at radius 3 is 2.82 bits per heavy atom. The van der Waals surface area contributed by atoms with Crippen LogP contribution in [-0.4, -0.2) is 12.1 Å². The predicted molar refractivity (Wildman–Crippen MR) is 71.7 cm³/mol. The van der Waals surface area contributed by atoms with Gasteiger partial charge in [-0.05, 0) is 24.1 Å². The van der Waals surface area contributed by atoms with E-state index in [-0.39, 0.29) is 5.91 Å². The highest BCUT2D eigenvalue weighted by molar-refractivity contribution is 6.42. The number of hydrazone groups is 1. The van der Waals surface area contributed by atoms with Crippen LogP contribution in [0.2, 0.25) is 10.0 Å². The lowest BCUT2D eigenvalue weighted by molar-refractivity contribution is -0.121. The second kappa shape index (κ2) is 7.30. The zero-order chi connectivity index (χ0) is 12.7. The molecule has 0 aromatic heterocycles. The maximum Gasteiger partial charge on any atom is 0.240 e. The molecule has 0 saturated heterocycles. The van der Waals surface area contributed by atoms with Crippen molar-refractivity contribution in [2.24, 2.45) is 5.10 Å². The molecule has 0 aliphatic rings. The predicted octanol–water partition coefficient (Wildman–Crippen LogP) is 3.63. The van der Waals surface area contributed by atoms with E-state index in [9.17, 15) is 4.79 Å².